The van der Waals surface area contributed by atoms with Crippen molar-refractivity contribution in [2.45, 2.75) is 26.7 Å². The first kappa shape index (κ1) is 14.5. The van der Waals surface area contributed by atoms with E-state index in [1.807, 2.05) is 41.8 Å². The molecule has 0 unspecified atom stereocenters. The lowest BCUT2D eigenvalue weighted by Crippen LogP contribution is -2.36. The van der Waals surface area contributed by atoms with Gasteiger partial charge in [0.2, 0.25) is 11.8 Å². The van der Waals surface area contributed by atoms with Crippen LogP contribution in [0.15, 0.2) is 41.8 Å². The number of hydrogen-bond donors (Lipinski definition) is 0. The molecule has 1 aromatic carbocycles. The van der Waals surface area contributed by atoms with Gasteiger partial charge in [-0.25, -0.2) is 4.90 Å². The van der Waals surface area contributed by atoms with Gasteiger partial charge in [-0.3, -0.25) is 9.59 Å². The molecular weight excluding hydrogens is 270 g/mol. The van der Waals surface area contributed by atoms with Crippen molar-refractivity contribution in [1.29, 1.82) is 0 Å². The molecule has 2 rings (SSSR count). The van der Waals surface area contributed by atoms with E-state index in [1.165, 1.54) is 4.90 Å². The van der Waals surface area contributed by atoms with Crippen molar-refractivity contribution >= 4 is 28.8 Å². The van der Waals surface area contributed by atoms with Gasteiger partial charge in [0, 0.05) is 23.3 Å². The van der Waals surface area contributed by atoms with Crippen LogP contribution in [0.4, 0.5) is 5.69 Å². The minimum Gasteiger partial charge on any atom is -0.274 e. The lowest BCUT2D eigenvalue weighted by molar-refractivity contribution is -0.126. The lowest BCUT2D eigenvalue weighted by atomic mass is 10.1. The number of imide groups is 1. The van der Waals surface area contributed by atoms with Crippen LogP contribution in [-0.4, -0.2) is 11.8 Å². The number of thiophene rings is 1. The first-order valence-corrected chi connectivity index (χ1v) is 7.55. The summed E-state index contributed by atoms with van der Waals surface area (Å²) in [6.45, 7) is 3.54. The van der Waals surface area contributed by atoms with Gasteiger partial charge >= 0.3 is 0 Å². The van der Waals surface area contributed by atoms with E-state index in [0.29, 0.717) is 18.5 Å². The van der Waals surface area contributed by atoms with Crippen molar-refractivity contribution in [2.75, 3.05) is 4.90 Å². The third-order valence-corrected chi connectivity index (χ3v) is 3.94. The standard InChI is InChI=1S/C16H17NO2S/c1-3-15(18)17(16(19)4-2)13-9-6-5-8-12(13)14-10-7-11-20-14/h5-11H,3-4H2,1-2H3. The highest BCUT2D eigenvalue weighted by molar-refractivity contribution is 7.13. The monoisotopic (exact) mass is 287 g/mol. The van der Waals surface area contributed by atoms with Crippen molar-refractivity contribution in [1.82, 2.24) is 0 Å². The van der Waals surface area contributed by atoms with Crippen LogP contribution in [0.1, 0.15) is 26.7 Å². The summed E-state index contributed by atoms with van der Waals surface area (Å²) in [6, 6.07) is 11.5. The Morgan fingerprint density at radius 2 is 1.65 bits per heavy atom. The largest absolute Gasteiger partial charge is 0.274 e. The molecule has 0 aliphatic heterocycles. The second kappa shape index (κ2) is 6.48. The van der Waals surface area contributed by atoms with Gasteiger partial charge in [-0.15, -0.1) is 11.3 Å². The summed E-state index contributed by atoms with van der Waals surface area (Å²) in [5.74, 6) is -0.332. The average Bonchev–Trinajstić information content (AvgIpc) is 3.01. The third-order valence-electron chi connectivity index (χ3n) is 3.04. The zero-order valence-corrected chi connectivity index (χ0v) is 12.4. The highest BCUT2D eigenvalue weighted by atomic mass is 32.1. The molecule has 4 heteroatoms. The number of rotatable bonds is 4. The molecular formula is C16H17NO2S. The molecule has 0 aliphatic rings. The first-order chi connectivity index (χ1) is 9.69. The van der Waals surface area contributed by atoms with Gasteiger partial charge in [0.15, 0.2) is 0 Å². The Morgan fingerprint density at radius 3 is 2.20 bits per heavy atom. The summed E-state index contributed by atoms with van der Waals surface area (Å²) in [4.78, 5) is 26.7. The number of benzene rings is 1. The number of carbonyl (C=O) groups is 2. The molecule has 104 valence electrons. The fraction of sp³-hybridized carbons (Fsp3) is 0.250. The smallest absolute Gasteiger partial charge is 0.233 e. The summed E-state index contributed by atoms with van der Waals surface area (Å²) in [7, 11) is 0. The molecule has 2 amide bonds. The molecule has 0 fully saturated rings. The zero-order valence-electron chi connectivity index (χ0n) is 11.6. The Labute approximate surface area is 122 Å². The molecule has 0 radical (unpaired) electrons. The molecule has 0 aliphatic carbocycles. The Kier molecular flexibility index (Phi) is 4.69. The van der Waals surface area contributed by atoms with Crippen LogP contribution in [0.2, 0.25) is 0 Å². The predicted octanol–water partition coefficient (Wildman–Crippen LogP) is 4.09. The highest BCUT2D eigenvalue weighted by Gasteiger charge is 2.23. The van der Waals surface area contributed by atoms with Crippen LogP contribution in [0.5, 0.6) is 0 Å². The van der Waals surface area contributed by atoms with E-state index in [-0.39, 0.29) is 11.8 Å². The average molecular weight is 287 g/mol. The van der Waals surface area contributed by atoms with Crippen LogP contribution in [0, 0.1) is 0 Å². The molecule has 3 nitrogen and oxygen atoms in total. The third kappa shape index (κ3) is 2.80. The number of para-hydroxylation sites is 1. The summed E-state index contributed by atoms with van der Waals surface area (Å²) in [6.07, 6.45) is 0.620. The normalized spacial score (nSPS) is 10.3. The summed E-state index contributed by atoms with van der Waals surface area (Å²) >= 11 is 1.60. The van der Waals surface area contributed by atoms with E-state index >= 15 is 0 Å². The van der Waals surface area contributed by atoms with Crippen molar-refractivity contribution in [3.8, 4) is 10.4 Å². The molecule has 0 atom stereocenters. The van der Waals surface area contributed by atoms with Crippen molar-refractivity contribution in [3.05, 3.63) is 41.8 Å². The number of amides is 2. The predicted molar refractivity (Wildman–Crippen MR) is 82.8 cm³/mol. The van der Waals surface area contributed by atoms with Crippen molar-refractivity contribution in [3.63, 3.8) is 0 Å². The quantitative estimate of drug-likeness (QED) is 0.849. The van der Waals surface area contributed by atoms with Gasteiger partial charge in [-0.05, 0) is 17.5 Å². The number of carbonyl (C=O) groups excluding carboxylic acids is 2. The van der Waals surface area contributed by atoms with Crippen LogP contribution in [-0.2, 0) is 9.59 Å². The summed E-state index contributed by atoms with van der Waals surface area (Å²) in [5.41, 5.74) is 1.60. The Balaban J connectivity index is 2.54. The van der Waals surface area contributed by atoms with E-state index in [2.05, 4.69) is 0 Å². The molecule has 0 bridgehead atoms. The van der Waals surface area contributed by atoms with E-state index in [1.54, 1.807) is 25.2 Å². The maximum absolute atomic E-state index is 12.1. The van der Waals surface area contributed by atoms with E-state index < -0.39 is 0 Å². The summed E-state index contributed by atoms with van der Waals surface area (Å²) < 4.78 is 0. The zero-order chi connectivity index (χ0) is 14.5. The molecule has 0 spiro atoms. The second-order valence-corrected chi connectivity index (χ2v) is 5.27. The van der Waals surface area contributed by atoms with Gasteiger partial charge in [-0.2, -0.15) is 0 Å². The van der Waals surface area contributed by atoms with Crippen LogP contribution in [0.3, 0.4) is 0 Å². The van der Waals surface area contributed by atoms with Gasteiger partial charge < -0.3 is 0 Å². The first-order valence-electron chi connectivity index (χ1n) is 6.67. The number of hydrogen-bond acceptors (Lipinski definition) is 3. The Hall–Kier alpha value is -1.94. The molecule has 1 heterocycles. The molecule has 1 aromatic heterocycles. The molecule has 2 aromatic rings. The Bertz CT molecular complexity index is 589. The van der Waals surface area contributed by atoms with Crippen molar-refractivity contribution in [2.24, 2.45) is 0 Å². The van der Waals surface area contributed by atoms with Gasteiger partial charge in [0.1, 0.15) is 0 Å². The maximum atomic E-state index is 12.1. The van der Waals surface area contributed by atoms with E-state index in [0.717, 1.165) is 10.4 Å². The van der Waals surface area contributed by atoms with Crippen LogP contribution in [0.25, 0.3) is 10.4 Å². The fourth-order valence-corrected chi connectivity index (χ4v) is 2.79. The minimum absolute atomic E-state index is 0.166. The second-order valence-electron chi connectivity index (χ2n) is 4.32. The lowest BCUT2D eigenvalue weighted by Gasteiger charge is -2.22. The summed E-state index contributed by atoms with van der Waals surface area (Å²) in [5, 5.41) is 1.99. The van der Waals surface area contributed by atoms with Crippen LogP contribution < -0.4 is 4.90 Å². The Morgan fingerprint density at radius 1 is 1.00 bits per heavy atom. The minimum atomic E-state index is -0.166. The van der Waals surface area contributed by atoms with E-state index in [4.69, 9.17) is 0 Å². The van der Waals surface area contributed by atoms with Gasteiger partial charge in [-0.1, -0.05) is 38.1 Å². The highest BCUT2D eigenvalue weighted by Crippen LogP contribution is 2.34. The van der Waals surface area contributed by atoms with Crippen molar-refractivity contribution < 1.29 is 9.59 Å². The topological polar surface area (TPSA) is 37.4 Å². The fourth-order valence-electron chi connectivity index (χ4n) is 2.03. The number of anilines is 1. The SMILES string of the molecule is CCC(=O)N(C(=O)CC)c1ccccc1-c1cccs1. The van der Waals surface area contributed by atoms with Gasteiger partial charge in [0.25, 0.3) is 0 Å². The number of nitrogens with zero attached hydrogens (tertiary/aromatic N) is 1. The molecule has 0 N–H and O–H groups in total. The molecule has 0 saturated carbocycles. The maximum Gasteiger partial charge on any atom is 0.233 e. The molecule has 20 heavy (non-hydrogen) atoms. The molecule has 0 saturated heterocycles. The van der Waals surface area contributed by atoms with Crippen LogP contribution >= 0.6 is 11.3 Å². The van der Waals surface area contributed by atoms with Gasteiger partial charge in [0.05, 0.1) is 5.69 Å². The van der Waals surface area contributed by atoms with E-state index in [9.17, 15) is 9.59 Å².